The Morgan fingerprint density at radius 2 is 2.22 bits per heavy atom. The first-order chi connectivity index (χ1) is 8.72. The molecule has 0 N–H and O–H groups in total. The molecule has 1 saturated carbocycles. The molecule has 1 aromatic carbocycles. The van der Waals surface area contributed by atoms with Crippen LogP contribution in [0.4, 0.5) is 0 Å². The Bertz CT molecular complexity index is 576. The van der Waals surface area contributed by atoms with Gasteiger partial charge in [-0.25, -0.2) is 4.98 Å². The Morgan fingerprint density at radius 3 is 2.89 bits per heavy atom. The predicted molar refractivity (Wildman–Crippen MR) is 76.4 cm³/mol. The first-order valence-electron chi connectivity index (χ1n) is 6.43. The Morgan fingerprint density at radius 1 is 1.39 bits per heavy atom. The Labute approximate surface area is 117 Å². The molecule has 2 nitrogen and oxygen atoms in total. The van der Waals surface area contributed by atoms with Crippen molar-refractivity contribution in [3.8, 4) is 0 Å². The Hall–Kier alpha value is -0.730. The van der Waals surface area contributed by atoms with Crippen molar-refractivity contribution in [3.05, 3.63) is 29.0 Å². The standard InChI is InChI=1S/C14H16Cl2N2/c1-9-4-2-6-11(9)18-12-7-3-5-10(16)14(12)17-13(18)8-15/h3,5,7,9,11H,2,4,6,8H2,1H3. The number of alkyl halides is 1. The van der Waals surface area contributed by atoms with Gasteiger partial charge in [-0.15, -0.1) is 11.6 Å². The molecule has 1 aliphatic rings. The zero-order valence-corrected chi connectivity index (χ0v) is 11.9. The summed E-state index contributed by atoms with van der Waals surface area (Å²) in [6.45, 7) is 2.31. The van der Waals surface area contributed by atoms with Crippen molar-refractivity contribution in [1.82, 2.24) is 9.55 Å². The zero-order valence-electron chi connectivity index (χ0n) is 10.4. The molecular formula is C14H16Cl2N2. The lowest BCUT2D eigenvalue weighted by atomic mass is 10.1. The van der Waals surface area contributed by atoms with Crippen LogP contribution in [0.3, 0.4) is 0 Å². The lowest BCUT2D eigenvalue weighted by molar-refractivity contribution is 0.409. The van der Waals surface area contributed by atoms with Crippen LogP contribution in [-0.4, -0.2) is 9.55 Å². The molecule has 2 unspecified atom stereocenters. The monoisotopic (exact) mass is 282 g/mol. The van der Waals surface area contributed by atoms with Crippen molar-refractivity contribution < 1.29 is 0 Å². The average Bonchev–Trinajstić information content (AvgIpc) is 2.93. The fourth-order valence-electron chi connectivity index (χ4n) is 3.10. The van der Waals surface area contributed by atoms with Crippen LogP contribution in [0, 0.1) is 5.92 Å². The number of halogens is 2. The molecule has 0 saturated heterocycles. The summed E-state index contributed by atoms with van der Waals surface area (Å²) in [5.74, 6) is 2.07. The van der Waals surface area contributed by atoms with Gasteiger partial charge < -0.3 is 4.57 Å². The van der Waals surface area contributed by atoms with E-state index in [0.29, 0.717) is 22.9 Å². The highest BCUT2D eigenvalue weighted by atomic mass is 35.5. The van der Waals surface area contributed by atoms with E-state index >= 15 is 0 Å². The molecule has 0 radical (unpaired) electrons. The van der Waals surface area contributed by atoms with E-state index in [1.54, 1.807) is 0 Å². The van der Waals surface area contributed by atoms with Crippen LogP contribution in [0.25, 0.3) is 11.0 Å². The third-order valence-electron chi connectivity index (χ3n) is 4.01. The van der Waals surface area contributed by atoms with Gasteiger partial charge >= 0.3 is 0 Å². The van der Waals surface area contributed by atoms with E-state index in [9.17, 15) is 0 Å². The maximum absolute atomic E-state index is 6.22. The lowest BCUT2D eigenvalue weighted by Gasteiger charge is -2.20. The third kappa shape index (κ3) is 1.83. The van der Waals surface area contributed by atoms with Gasteiger partial charge in [-0.2, -0.15) is 0 Å². The summed E-state index contributed by atoms with van der Waals surface area (Å²) in [5.41, 5.74) is 2.01. The number of rotatable bonds is 2. The lowest BCUT2D eigenvalue weighted by Crippen LogP contribution is -2.14. The Balaban J connectivity index is 2.22. The summed E-state index contributed by atoms with van der Waals surface area (Å²) in [5, 5.41) is 0.711. The minimum atomic E-state index is 0.439. The molecule has 0 aliphatic heterocycles. The molecule has 2 aromatic rings. The molecule has 0 amide bonds. The summed E-state index contributed by atoms with van der Waals surface area (Å²) in [6.07, 6.45) is 3.78. The smallest absolute Gasteiger partial charge is 0.125 e. The second-order valence-electron chi connectivity index (χ2n) is 5.11. The normalized spacial score (nSPS) is 23.9. The third-order valence-corrected chi connectivity index (χ3v) is 4.56. The topological polar surface area (TPSA) is 17.8 Å². The molecule has 1 fully saturated rings. The molecular weight excluding hydrogens is 267 g/mol. The number of para-hydroxylation sites is 1. The van der Waals surface area contributed by atoms with Crippen LogP contribution in [-0.2, 0) is 5.88 Å². The number of hydrogen-bond donors (Lipinski definition) is 0. The van der Waals surface area contributed by atoms with Crippen molar-refractivity contribution in [2.75, 3.05) is 0 Å². The van der Waals surface area contributed by atoms with Crippen molar-refractivity contribution in [2.45, 2.75) is 38.1 Å². The fraction of sp³-hybridized carbons (Fsp3) is 0.500. The molecule has 2 atom stereocenters. The number of benzene rings is 1. The van der Waals surface area contributed by atoms with Gasteiger partial charge in [0.25, 0.3) is 0 Å². The van der Waals surface area contributed by atoms with E-state index in [2.05, 4.69) is 22.5 Å². The molecule has 96 valence electrons. The fourth-order valence-corrected chi connectivity index (χ4v) is 3.51. The van der Waals surface area contributed by atoms with Crippen molar-refractivity contribution in [1.29, 1.82) is 0 Å². The quantitative estimate of drug-likeness (QED) is 0.724. The zero-order chi connectivity index (χ0) is 12.7. The molecule has 18 heavy (non-hydrogen) atoms. The highest BCUT2D eigenvalue weighted by Gasteiger charge is 2.28. The maximum Gasteiger partial charge on any atom is 0.125 e. The summed E-state index contributed by atoms with van der Waals surface area (Å²) in [6, 6.07) is 6.48. The predicted octanol–water partition coefficient (Wildman–Crippen LogP) is 4.79. The van der Waals surface area contributed by atoms with E-state index in [-0.39, 0.29) is 0 Å². The minimum absolute atomic E-state index is 0.439. The number of nitrogens with zero attached hydrogens (tertiary/aromatic N) is 2. The van der Waals surface area contributed by atoms with Gasteiger partial charge in [0.2, 0.25) is 0 Å². The van der Waals surface area contributed by atoms with Gasteiger partial charge in [-0.3, -0.25) is 0 Å². The maximum atomic E-state index is 6.22. The SMILES string of the molecule is CC1CCCC1n1c(CCl)nc2c(Cl)cccc21. The Kier molecular flexibility index (Phi) is 3.25. The van der Waals surface area contributed by atoms with Crippen molar-refractivity contribution in [3.63, 3.8) is 0 Å². The van der Waals surface area contributed by atoms with Gasteiger partial charge in [0.1, 0.15) is 11.3 Å². The number of aromatic nitrogens is 2. The summed E-state index contributed by atoms with van der Waals surface area (Å²) in [4.78, 5) is 4.61. The van der Waals surface area contributed by atoms with E-state index in [1.165, 1.54) is 19.3 Å². The molecule has 0 bridgehead atoms. The van der Waals surface area contributed by atoms with Gasteiger partial charge in [0, 0.05) is 6.04 Å². The molecule has 1 heterocycles. The van der Waals surface area contributed by atoms with Crippen LogP contribution >= 0.6 is 23.2 Å². The van der Waals surface area contributed by atoms with Crippen LogP contribution in [0.5, 0.6) is 0 Å². The van der Waals surface area contributed by atoms with Crippen LogP contribution in [0.1, 0.15) is 38.1 Å². The van der Waals surface area contributed by atoms with E-state index in [4.69, 9.17) is 23.2 Å². The molecule has 3 rings (SSSR count). The molecule has 1 aromatic heterocycles. The van der Waals surface area contributed by atoms with Crippen molar-refractivity contribution in [2.24, 2.45) is 5.92 Å². The molecule has 4 heteroatoms. The van der Waals surface area contributed by atoms with Gasteiger partial charge in [-0.05, 0) is 30.9 Å². The summed E-state index contributed by atoms with van der Waals surface area (Å²) < 4.78 is 2.31. The van der Waals surface area contributed by atoms with Gasteiger partial charge in [0.05, 0.1) is 16.4 Å². The summed E-state index contributed by atoms with van der Waals surface area (Å²) >= 11 is 12.3. The first kappa shape index (κ1) is 12.3. The van der Waals surface area contributed by atoms with Crippen LogP contribution in [0.15, 0.2) is 18.2 Å². The largest absolute Gasteiger partial charge is 0.324 e. The second-order valence-corrected chi connectivity index (χ2v) is 5.79. The van der Waals surface area contributed by atoms with Crippen LogP contribution < -0.4 is 0 Å². The number of imidazole rings is 1. The highest BCUT2D eigenvalue weighted by Crippen LogP contribution is 2.39. The van der Waals surface area contributed by atoms with Gasteiger partial charge in [0.15, 0.2) is 0 Å². The first-order valence-corrected chi connectivity index (χ1v) is 7.35. The number of fused-ring (bicyclic) bond motifs is 1. The number of hydrogen-bond acceptors (Lipinski definition) is 1. The van der Waals surface area contributed by atoms with Crippen LogP contribution in [0.2, 0.25) is 5.02 Å². The van der Waals surface area contributed by atoms with Gasteiger partial charge in [-0.1, -0.05) is 31.0 Å². The van der Waals surface area contributed by atoms with E-state index < -0.39 is 0 Å². The molecule has 0 spiro atoms. The molecule has 1 aliphatic carbocycles. The second kappa shape index (κ2) is 4.75. The highest BCUT2D eigenvalue weighted by molar-refractivity contribution is 6.35. The van der Waals surface area contributed by atoms with E-state index in [1.807, 2.05) is 12.1 Å². The van der Waals surface area contributed by atoms with Crippen molar-refractivity contribution >= 4 is 34.2 Å². The van der Waals surface area contributed by atoms with E-state index in [0.717, 1.165) is 16.9 Å². The summed E-state index contributed by atoms with van der Waals surface area (Å²) in [7, 11) is 0. The minimum Gasteiger partial charge on any atom is -0.324 e. The average molecular weight is 283 g/mol.